The molecule has 4 nitrogen and oxygen atoms in total. The number of rotatable bonds is 2. The number of hydrogen-bond acceptors (Lipinski definition) is 3. The lowest BCUT2D eigenvalue weighted by molar-refractivity contribution is 0.0692. The average Bonchev–Trinajstić information content (AvgIpc) is 2.30. The summed E-state index contributed by atoms with van der Waals surface area (Å²) < 4.78 is 13.1. The van der Waals surface area contributed by atoms with Crippen LogP contribution in [0.4, 0.5) is 4.39 Å². The van der Waals surface area contributed by atoms with Gasteiger partial charge in [-0.3, -0.25) is 0 Å². The summed E-state index contributed by atoms with van der Waals surface area (Å²) in [4.78, 5) is 18.6. The summed E-state index contributed by atoms with van der Waals surface area (Å²) in [6.45, 7) is 0. The summed E-state index contributed by atoms with van der Waals surface area (Å²) in [5.41, 5.74) is 0.0874. The second kappa shape index (κ2) is 4.06. The maximum atomic E-state index is 13.1. The lowest BCUT2D eigenvalue weighted by atomic mass is 10.1. The number of halogens is 1. The smallest absolute Gasteiger partial charge is 0.338 e. The molecule has 0 amide bonds. The Bertz CT molecular complexity index is 529. The molecule has 80 valence electrons. The minimum atomic E-state index is -1.31. The molecule has 2 rings (SSSR count). The normalized spacial score (nSPS) is 10.1. The minimum absolute atomic E-state index is 0.366. The number of hydrogen-bond donors (Lipinski definition) is 1. The number of benzene rings is 1. The Morgan fingerprint density at radius 2 is 1.94 bits per heavy atom. The highest BCUT2D eigenvalue weighted by atomic mass is 19.1. The molecular formula is C11H7FN2O2. The van der Waals surface area contributed by atoms with Gasteiger partial charge >= 0.3 is 5.97 Å². The van der Waals surface area contributed by atoms with Crippen LogP contribution < -0.4 is 0 Å². The molecule has 5 heteroatoms. The van der Waals surface area contributed by atoms with E-state index in [1.165, 1.54) is 24.5 Å². The van der Waals surface area contributed by atoms with Gasteiger partial charge in [0.1, 0.15) is 5.82 Å². The van der Waals surface area contributed by atoms with Crippen molar-refractivity contribution >= 4 is 5.97 Å². The number of aromatic nitrogens is 2. The number of carboxylic acids is 1. The first kappa shape index (κ1) is 10.2. The quantitative estimate of drug-likeness (QED) is 0.837. The first-order valence-corrected chi connectivity index (χ1v) is 4.49. The van der Waals surface area contributed by atoms with Crippen LogP contribution in [0.3, 0.4) is 0 Å². The van der Waals surface area contributed by atoms with E-state index in [2.05, 4.69) is 9.97 Å². The number of aromatic carboxylic acids is 1. The molecule has 1 heterocycles. The van der Waals surface area contributed by atoms with Crippen LogP contribution in [-0.4, -0.2) is 21.0 Å². The van der Waals surface area contributed by atoms with Gasteiger partial charge in [-0.25, -0.2) is 19.2 Å². The summed E-state index contributed by atoms with van der Waals surface area (Å²) in [5.74, 6) is -1.72. The lowest BCUT2D eigenvalue weighted by Crippen LogP contribution is -2.01. The predicted octanol–water partition coefficient (Wildman–Crippen LogP) is 1.98. The zero-order chi connectivity index (χ0) is 11.5. The van der Waals surface area contributed by atoms with Gasteiger partial charge in [-0.2, -0.15) is 0 Å². The molecule has 0 spiro atoms. The van der Waals surface area contributed by atoms with E-state index in [-0.39, 0.29) is 5.56 Å². The Hall–Kier alpha value is -2.30. The third-order valence-corrected chi connectivity index (χ3v) is 2.02. The Labute approximate surface area is 90.4 Å². The van der Waals surface area contributed by atoms with Crippen molar-refractivity contribution < 1.29 is 14.3 Å². The fraction of sp³-hybridized carbons (Fsp3) is 0. The van der Waals surface area contributed by atoms with Crippen LogP contribution >= 0.6 is 0 Å². The zero-order valence-electron chi connectivity index (χ0n) is 8.09. The van der Waals surface area contributed by atoms with E-state index in [9.17, 15) is 9.18 Å². The van der Waals surface area contributed by atoms with Gasteiger partial charge in [0.2, 0.25) is 0 Å². The largest absolute Gasteiger partial charge is 0.478 e. The lowest BCUT2D eigenvalue weighted by Gasteiger charge is -2.01. The van der Waals surface area contributed by atoms with Crippen molar-refractivity contribution in [2.24, 2.45) is 0 Å². The maximum Gasteiger partial charge on any atom is 0.338 e. The number of carboxylic acid groups (broad SMARTS) is 1. The van der Waals surface area contributed by atoms with E-state index in [1.807, 2.05) is 0 Å². The van der Waals surface area contributed by atoms with E-state index in [4.69, 9.17) is 5.11 Å². The summed E-state index contributed by atoms with van der Waals surface area (Å²) in [7, 11) is 0. The Balaban J connectivity index is 2.52. The topological polar surface area (TPSA) is 63.1 Å². The molecule has 0 aliphatic rings. The van der Waals surface area contributed by atoms with Gasteiger partial charge < -0.3 is 5.11 Å². The molecule has 0 radical (unpaired) electrons. The molecule has 0 fully saturated rings. The molecule has 0 aliphatic heterocycles. The van der Waals surface area contributed by atoms with Crippen LogP contribution in [0.2, 0.25) is 0 Å². The van der Waals surface area contributed by atoms with Crippen LogP contribution in [0.1, 0.15) is 10.4 Å². The molecule has 1 aromatic heterocycles. The molecule has 0 saturated heterocycles. The molecular weight excluding hydrogens is 211 g/mol. The van der Waals surface area contributed by atoms with Crippen molar-refractivity contribution in [2.45, 2.75) is 0 Å². The van der Waals surface area contributed by atoms with Crippen molar-refractivity contribution in [3.8, 4) is 11.4 Å². The van der Waals surface area contributed by atoms with Crippen LogP contribution in [0, 0.1) is 5.82 Å². The average molecular weight is 218 g/mol. The molecule has 0 atom stereocenters. The highest BCUT2D eigenvalue weighted by Crippen LogP contribution is 2.18. The SMILES string of the molecule is O=C(O)c1cc(-c2ncccn2)ccc1F. The van der Waals surface area contributed by atoms with Gasteiger partial charge in [0.15, 0.2) is 5.82 Å². The van der Waals surface area contributed by atoms with Gasteiger partial charge in [0.05, 0.1) is 5.56 Å². The highest BCUT2D eigenvalue weighted by molar-refractivity contribution is 5.89. The predicted molar refractivity (Wildman–Crippen MR) is 54.4 cm³/mol. The molecule has 0 bridgehead atoms. The third kappa shape index (κ3) is 1.88. The minimum Gasteiger partial charge on any atom is -0.478 e. The van der Waals surface area contributed by atoms with Gasteiger partial charge in [-0.05, 0) is 24.3 Å². The van der Waals surface area contributed by atoms with E-state index in [0.717, 1.165) is 6.07 Å². The fourth-order valence-corrected chi connectivity index (χ4v) is 1.28. The monoisotopic (exact) mass is 218 g/mol. The third-order valence-electron chi connectivity index (χ3n) is 2.02. The van der Waals surface area contributed by atoms with Crippen LogP contribution in [0.25, 0.3) is 11.4 Å². The second-order valence-corrected chi connectivity index (χ2v) is 3.07. The molecule has 0 unspecified atom stereocenters. The van der Waals surface area contributed by atoms with Crippen LogP contribution in [0.5, 0.6) is 0 Å². The maximum absolute atomic E-state index is 13.1. The first-order chi connectivity index (χ1) is 7.68. The van der Waals surface area contributed by atoms with E-state index in [0.29, 0.717) is 11.4 Å². The Morgan fingerprint density at radius 1 is 1.25 bits per heavy atom. The number of nitrogens with zero attached hydrogens (tertiary/aromatic N) is 2. The van der Waals surface area contributed by atoms with Crippen molar-refractivity contribution in [3.63, 3.8) is 0 Å². The molecule has 2 aromatic rings. The second-order valence-electron chi connectivity index (χ2n) is 3.07. The fourth-order valence-electron chi connectivity index (χ4n) is 1.28. The van der Waals surface area contributed by atoms with E-state index < -0.39 is 11.8 Å². The summed E-state index contributed by atoms with van der Waals surface area (Å²) >= 11 is 0. The van der Waals surface area contributed by atoms with Crippen molar-refractivity contribution in [1.82, 2.24) is 9.97 Å². The van der Waals surface area contributed by atoms with Gasteiger partial charge in [0.25, 0.3) is 0 Å². The number of carbonyl (C=O) groups is 1. The van der Waals surface area contributed by atoms with Crippen molar-refractivity contribution in [2.75, 3.05) is 0 Å². The van der Waals surface area contributed by atoms with Gasteiger partial charge in [-0.15, -0.1) is 0 Å². The van der Waals surface area contributed by atoms with E-state index in [1.54, 1.807) is 6.07 Å². The Morgan fingerprint density at radius 3 is 2.56 bits per heavy atom. The van der Waals surface area contributed by atoms with Crippen molar-refractivity contribution in [3.05, 3.63) is 48.0 Å². The Kier molecular flexibility index (Phi) is 2.59. The highest BCUT2D eigenvalue weighted by Gasteiger charge is 2.12. The molecule has 0 aliphatic carbocycles. The first-order valence-electron chi connectivity index (χ1n) is 4.49. The van der Waals surface area contributed by atoms with Gasteiger partial charge in [-0.1, -0.05) is 0 Å². The molecule has 1 aromatic carbocycles. The molecule has 0 saturated carbocycles. The molecule has 16 heavy (non-hydrogen) atoms. The van der Waals surface area contributed by atoms with Crippen molar-refractivity contribution in [1.29, 1.82) is 0 Å². The standard InChI is InChI=1S/C11H7FN2O2/c12-9-3-2-7(6-8(9)11(15)16)10-13-4-1-5-14-10/h1-6H,(H,15,16). The van der Waals surface area contributed by atoms with Gasteiger partial charge in [0, 0.05) is 18.0 Å². The molecule has 1 N–H and O–H groups in total. The summed E-state index contributed by atoms with van der Waals surface area (Å²) in [6, 6.07) is 5.39. The summed E-state index contributed by atoms with van der Waals surface area (Å²) in [5, 5.41) is 8.76. The summed E-state index contributed by atoms with van der Waals surface area (Å²) in [6.07, 6.45) is 3.07. The van der Waals surface area contributed by atoms with E-state index >= 15 is 0 Å². The van der Waals surface area contributed by atoms with Crippen LogP contribution in [-0.2, 0) is 0 Å². The zero-order valence-corrected chi connectivity index (χ0v) is 8.09. The van der Waals surface area contributed by atoms with Crippen LogP contribution in [0.15, 0.2) is 36.7 Å².